The molecule has 0 aliphatic heterocycles. The van der Waals surface area contributed by atoms with Crippen molar-refractivity contribution >= 4 is 28.9 Å². The number of carbonyl (C=O) groups excluding carboxylic acids is 1. The van der Waals surface area contributed by atoms with E-state index in [1.807, 2.05) is 4.90 Å². The molecule has 6 heteroatoms. The van der Waals surface area contributed by atoms with Gasteiger partial charge in [0.05, 0.1) is 24.0 Å². The standard InChI is InChI=1S/C15H21ClN4O/c1-11(2)9-20(7-3-6-17)10-15(21)19-14-5-4-12(16)8-13(14)18/h4-5,8,11H,3,7,9-10,18H2,1-2H3,(H,19,21). The normalized spacial score (nSPS) is 10.7. The lowest BCUT2D eigenvalue weighted by Gasteiger charge is -2.22. The summed E-state index contributed by atoms with van der Waals surface area (Å²) in [4.78, 5) is 14.0. The first-order chi connectivity index (χ1) is 9.92. The number of anilines is 2. The molecule has 0 aliphatic carbocycles. The van der Waals surface area contributed by atoms with Crippen LogP contribution in [0.3, 0.4) is 0 Å². The maximum absolute atomic E-state index is 12.1. The van der Waals surface area contributed by atoms with Crippen LogP contribution in [0.15, 0.2) is 18.2 Å². The molecule has 0 aromatic heterocycles. The van der Waals surface area contributed by atoms with Crippen LogP contribution >= 0.6 is 11.6 Å². The molecule has 0 aliphatic rings. The predicted molar refractivity (Wildman–Crippen MR) is 86.0 cm³/mol. The molecule has 0 bridgehead atoms. The van der Waals surface area contributed by atoms with Crippen LogP contribution in [0.25, 0.3) is 0 Å². The molecular formula is C15H21ClN4O. The van der Waals surface area contributed by atoms with Gasteiger partial charge in [-0.15, -0.1) is 0 Å². The number of benzene rings is 1. The average molecular weight is 309 g/mol. The van der Waals surface area contributed by atoms with Crippen molar-refractivity contribution in [2.75, 3.05) is 30.7 Å². The van der Waals surface area contributed by atoms with E-state index in [-0.39, 0.29) is 12.5 Å². The summed E-state index contributed by atoms with van der Waals surface area (Å²) in [5.74, 6) is 0.278. The third-order valence-electron chi connectivity index (χ3n) is 2.82. The highest BCUT2D eigenvalue weighted by molar-refractivity contribution is 6.31. The quantitative estimate of drug-likeness (QED) is 0.759. The summed E-state index contributed by atoms with van der Waals surface area (Å²) in [6, 6.07) is 7.05. The van der Waals surface area contributed by atoms with E-state index in [0.29, 0.717) is 35.3 Å². The van der Waals surface area contributed by atoms with Gasteiger partial charge in [-0.2, -0.15) is 5.26 Å². The van der Waals surface area contributed by atoms with Gasteiger partial charge in [-0.1, -0.05) is 25.4 Å². The van der Waals surface area contributed by atoms with Crippen molar-refractivity contribution < 1.29 is 4.79 Å². The first-order valence-electron chi connectivity index (χ1n) is 6.86. The van der Waals surface area contributed by atoms with Crippen molar-refractivity contribution in [3.05, 3.63) is 23.2 Å². The van der Waals surface area contributed by atoms with Crippen LogP contribution in [0.2, 0.25) is 5.02 Å². The van der Waals surface area contributed by atoms with Crippen molar-refractivity contribution in [1.82, 2.24) is 4.90 Å². The lowest BCUT2D eigenvalue weighted by atomic mass is 10.2. The van der Waals surface area contributed by atoms with Crippen LogP contribution in [0.4, 0.5) is 11.4 Å². The third-order valence-corrected chi connectivity index (χ3v) is 3.05. The lowest BCUT2D eigenvalue weighted by Crippen LogP contribution is -2.36. The summed E-state index contributed by atoms with van der Waals surface area (Å²) in [5.41, 5.74) is 6.79. The Morgan fingerprint density at radius 3 is 2.81 bits per heavy atom. The fourth-order valence-electron chi connectivity index (χ4n) is 2.00. The number of carbonyl (C=O) groups is 1. The average Bonchev–Trinajstić information content (AvgIpc) is 2.38. The van der Waals surface area contributed by atoms with Gasteiger partial charge in [0.25, 0.3) is 0 Å². The number of nitriles is 1. The van der Waals surface area contributed by atoms with E-state index in [2.05, 4.69) is 25.2 Å². The number of nitrogen functional groups attached to an aromatic ring is 1. The number of hydrogen-bond donors (Lipinski definition) is 2. The number of nitrogens with zero attached hydrogens (tertiary/aromatic N) is 2. The van der Waals surface area contributed by atoms with Gasteiger partial charge >= 0.3 is 0 Å². The molecule has 21 heavy (non-hydrogen) atoms. The van der Waals surface area contributed by atoms with Crippen LogP contribution in [-0.4, -0.2) is 30.4 Å². The molecule has 0 fully saturated rings. The zero-order chi connectivity index (χ0) is 15.8. The summed E-state index contributed by atoms with van der Waals surface area (Å²) >= 11 is 5.82. The van der Waals surface area contributed by atoms with Gasteiger partial charge < -0.3 is 11.1 Å². The lowest BCUT2D eigenvalue weighted by molar-refractivity contribution is -0.117. The fraction of sp³-hybridized carbons (Fsp3) is 0.467. The van der Waals surface area contributed by atoms with Crippen LogP contribution in [-0.2, 0) is 4.79 Å². The Kier molecular flexibility index (Phi) is 7.00. The molecular weight excluding hydrogens is 288 g/mol. The summed E-state index contributed by atoms with van der Waals surface area (Å²) < 4.78 is 0. The fourth-order valence-corrected chi connectivity index (χ4v) is 2.18. The molecule has 0 unspecified atom stereocenters. The highest BCUT2D eigenvalue weighted by atomic mass is 35.5. The summed E-state index contributed by atoms with van der Waals surface area (Å²) in [6.07, 6.45) is 0.406. The van der Waals surface area contributed by atoms with E-state index in [1.54, 1.807) is 18.2 Å². The van der Waals surface area contributed by atoms with E-state index in [4.69, 9.17) is 22.6 Å². The molecule has 0 saturated heterocycles. The van der Waals surface area contributed by atoms with E-state index in [0.717, 1.165) is 6.54 Å². The Morgan fingerprint density at radius 2 is 2.24 bits per heavy atom. The van der Waals surface area contributed by atoms with Crippen LogP contribution < -0.4 is 11.1 Å². The minimum atomic E-state index is -0.150. The van der Waals surface area contributed by atoms with Crippen molar-refractivity contribution in [3.63, 3.8) is 0 Å². The number of halogens is 1. The molecule has 0 radical (unpaired) electrons. The second-order valence-electron chi connectivity index (χ2n) is 5.32. The van der Waals surface area contributed by atoms with Crippen LogP contribution in [0.5, 0.6) is 0 Å². The summed E-state index contributed by atoms with van der Waals surface area (Å²) in [5, 5.41) is 12.0. The van der Waals surface area contributed by atoms with E-state index in [9.17, 15) is 4.79 Å². The molecule has 0 saturated carbocycles. The van der Waals surface area contributed by atoms with Crippen LogP contribution in [0, 0.1) is 17.2 Å². The Balaban J connectivity index is 2.62. The first-order valence-corrected chi connectivity index (χ1v) is 7.24. The smallest absolute Gasteiger partial charge is 0.238 e. The van der Waals surface area contributed by atoms with Gasteiger partial charge in [0.2, 0.25) is 5.91 Å². The summed E-state index contributed by atoms with van der Waals surface area (Å²) in [7, 11) is 0. The largest absolute Gasteiger partial charge is 0.397 e. The first kappa shape index (κ1) is 17.3. The molecule has 0 atom stereocenters. The van der Waals surface area contributed by atoms with Crippen LogP contribution in [0.1, 0.15) is 20.3 Å². The van der Waals surface area contributed by atoms with Gasteiger partial charge in [-0.25, -0.2) is 0 Å². The monoisotopic (exact) mass is 308 g/mol. The Bertz CT molecular complexity index is 525. The summed E-state index contributed by atoms with van der Waals surface area (Å²) in [6.45, 7) is 5.74. The molecule has 0 heterocycles. The maximum atomic E-state index is 12.1. The maximum Gasteiger partial charge on any atom is 0.238 e. The SMILES string of the molecule is CC(C)CN(CCC#N)CC(=O)Nc1ccc(Cl)cc1N. The topological polar surface area (TPSA) is 82.2 Å². The highest BCUT2D eigenvalue weighted by Crippen LogP contribution is 2.22. The number of hydrogen-bond acceptors (Lipinski definition) is 4. The van der Waals surface area contributed by atoms with Gasteiger partial charge in [-0.3, -0.25) is 9.69 Å². The Hall–Kier alpha value is -1.77. The van der Waals surface area contributed by atoms with Crippen molar-refractivity contribution in [2.24, 2.45) is 5.92 Å². The molecule has 3 N–H and O–H groups in total. The van der Waals surface area contributed by atoms with Gasteiger partial charge in [0.1, 0.15) is 0 Å². The molecule has 1 aromatic carbocycles. The van der Waals surface area contributed by atoms with Gasteiger partial charge in [0, 0.05) is 24.5 Å². The number of rotatable bonds is 7. The second kappa shape index (κ2) is 8.50. The number of nitrogens with one attached hydrogen (secondary N) is 1. The molecule has 1 aromatic rings. The molecule has 1 rings (SSSR count). The van der Waals surface area contributed by atoms with Crippen molar-refractivity contribution in [1.29, 1.82) is 5.26 Å². The van der Waals surface area contributed by atoms with Crippen molar-refractivity contribution in [2.45, 2.75) is 20.3 Å². The zero-order valence-corrected chi connectivity index (χ0v) is 13.2. The second-order valence-corrected chi connectivity index (χ2v) is 5.75. The van der Waals surface area contributed by atoms with E-state index >= 15 is 0 Å². The van der Waals surface area contributed by atoms with Crippen molar-refractivity contribution in [3.8, 4) is 6.07 Å². The Morgan fingerprint density at radius 1 is 1.52 bits per heavy atom. The minimum absolute atomic E-state index is 0.150. The zero-order valence-electron chi connectivity index (χ0n) is 12.4. The highest BCUT2D eigenvalue weighted by Gasteiger charge is 2.13. The molecule has 114 valence electrons. The molecule has 1 amide bonds. The number of nitrogens with two attached hydrogens (primary N) is 1. The number of amides is 1. The minimum Gasteiger partial charge on any atom is -0.397 e. The molecule has 0 spiro atoms. The van der Waals surface area contributed by atoms with Gasteiger partial charge in [-0.05, 0) is 24.1 Å². The third kappa shape index (κ3) is 6.48. The van der Waals surface area contributed by atoms with E-state index < -0.39 is 0 Å². The predicted octanol–water partition coefficient (Wildman–Crippen LogP) is 2.73. The molecule has 5 nitrogen and oxygen atoms in total. The van der Waals surface area contributed by atoms with E-state index in [1.165, 1.54) is 0 Å². The Labute approximate surface area is 130 Å². The van der Waals surface area contributed by atoms with Gasteiger partial charge in [0.15, 0.2) is 0 Å².